The van der Waals surface area contributed by atoms with Crippen molar-refractivity contribution in [3.63, 3.8) is 0 Å². The van der Waals surface area contributed by atoms with Gasteiger partial charge in [-0.1, -0.05) is 26.0 Å². The monoisotopic (exact) mass is 309 g/mol. The van der Waals surface area contributed by atoms with E-state index in [0.29, 0.717) is 5.92 Å². The van der Waals surface area contributed by atoms with Gasteiger partial charge in [0.2, 0.25) is 0 Å². The third-order valence-electron chi connectivity index (χ3n) is 3.36. The molecule has 0 saturated carbocycles. The minimum Gasteiger partial charge on any atom is -0.497 e. The quantitative estimate of drug-likeness (QED) is 0.890. The molecule has 0 aliphatic heterocycles. The molecule has 0 radical (unpaired) electrons. The zero-order chi connectivity index (χ0) is 14.5. The Balaban J connectivity index is 0.00000220. The third kappa shape index (κ3) is 4.76. The number of rotatable bonds is 6. The number of aromatic nitrogens is 2. The first kappa shape index (κ1) is 17.5. The predicted octanol–water partition coefficient (Wildman–Crippen LogP) is 3.26. The summed E-state index contributed by atoms with van der Waals surface area (Å²) in [6.45, 7) is 5.96. The van der Waals surface area contributed by atoms with E-state index in [1.54, 1.807) is 7.11 Å². The van der Waals surface area contributed by atoms with Crippen molar-refractivity contribution in [2.45, 2.75) is 32.9 Å². The average Bonchev–Trinajstić information content (AvgIpc) is 2.81. The van der Waals surface area contributed by atoms with E-state index in [1.165, 1.54) is 11.3 Å². The highest BCUT2D eigenvalue weighted by molar-refractivity contribution is 5.85. The number of ether oxygens (including phenoxy) is 1. The number of nitrogens with one attached hydrogen (secondary N) is 1. The number of benzene rings is 1. The Kier molecular flexibility index (Phi) is 6.72. The maximum absolute atomic E-state index is 5.23. The van der Waals surface area contributed by atoms with Gasteiger partial charge in [0.15, 0.2) is 0 Å². The second kappa shape index (κ2) is 8.05. The minimum atomic E-state index is 0. The molecule has 1 aromatic heterocycles. The van der Waals surface area contributed by atoms with Crippen molar-refractivity contribution in [2.75, 3.05) is 7.11 Å². The lowest BCUT2D eigenvalue weighted by molar-refractivity contribution is 0.414. The molecule has 5 heteroatoms. The van der Waals surface area contributed by atoms with E-state index >= 15 is 0 Å². The van der Waals surface area contributed by atoms with Crippen LogP contribution in [0.2, 0.25) is 0 Å². The van der Waals surface area contributed by atoms with E-state index < -0.39 is 0 Å². The lowest BCUT2D eigenvalue weighted by Crippen LogP contribution is -2.15. The Morgan fingerprint density at radius 2 is 2.00 bits per heavy atom. The van der Waals surface area contributed by atoms with Crippen LogP contribution in [0.25, 0.3) is 0 Å². The smallest absolute Gasteiger partial charge is 0.119 e. The van der Waals surface area contributed by atoms with Crippen LogP contribution in [0, 0.1) is 0 Å². The fourth-order valence-corrected chi connectivity index (χ4v) is 2.10. The molecule has 1 aromatic carbocycles. The summed E-state index contributed by atoms with van der Waals surface area (Å²) in [5.74, 6) is 1.36. The van der Waals surface area contributed by atoms with Gasteiger partial charge in [0, 0.05) is 20.1 Å². The molecule has 0 bridgehead atoms. The number of halogens is 1. The van der Waals surface area contributed by atoms with Crippen LogP contribution in [0.15, 0.2) is 30.3 Å². The summed E-state index contributed by atoms with van der Waals surface area (Å²) in [4.78, 5) is 0. The van der Waals surface area contributed by atoms with Gasteiger partial charge in [-0.15, -0.1) is 12.4 Å². The molecular formula is C16H24ClN3O. The van der Waals surface area contributed by atoms with Gasteiger partial charge < -0.3 is 10.1 Å². The van der Waals surface area contributed by atoms with Gasteiger partial charge in [-0.25, -0.2) is 0 Å². The van der Waals surface area contributed by atoms with E-state index in [0.717, 1.165) is 24.5 Å². The molecule has 21 heavy (non-hydrogen) atoms. The van der Waals surface area contributed by atoms with Crippen LogP contribution in [0.3, 0.4) is 0 Å². The van der Waals surface area contributed by atoms with Gasteiger partial charge in [-0.3, -0.25) is 4.68 Å². The first-order valence-electron chi connectivity index (χ1n) is 6.96. The van der Waals surface area contributed by atoms with E-state index in [-0.39, 0.29) is 12.4 Å². The average molecular weight is 310 g/mol. The topological polar surface area (TPSA) is 39.1 Å². The van der Waals surface area contributed by atoms with Crippen LogP contribution >= 0.6 is 12.4 Å². The van der Waals surface area contributed by atoms with E-state index in [1.807, 2.05) is 23.9 Å². The predicted molar refractivity (Wildman–Crippen MR) is 88.1 cm³/mol. The molecule has 0 amide bonds. The summed E-state index contributed by atoms with van der Waals surface area (Å²) in [5, 5.41) is 7.97. The lowest BCUT2D eigenvalue weighted by atomic mass is 10.1. The largest absolute Gasteiger partial charge is 0.497 e. The van der Waals surface area contributed by atoms with Gasteiger partial charge in [0.1, 0.15) is 5.75 Å². The second-order valence-electron chi connectivity index (χ2n) is 5.29. The molecule has 1 N–H and O–H groups in total. The fraction of sp³-hybridized carbons (Fsp3) is 0.438. The normalized spacial score (nSPS) is 10.5. The molecule has 0 aliphatic carbocycles. The Labute approximate surface area is 132 Å². The summed E-state index contributed by atoms with van der Waals surface area (Å²) in [5.41, 5.74) is 3.57. The molecule has 0 aliphatic rings. The summed E-state index contributed by atoms with van der Waals surface area (Å²) in [7, 11) is 3.68. The molecule has 0 atom stereocenters. The van der Waals surface area contributed by atoms with Crippen molar-refractivity contribution in [1.29, 1.82) is 0 Å². The van der Waals surface area contributed by atoms with E-state index in [9.17, 15) is 0 Å². The maximum atomic E-state index is 5.23. The van der Waals surface area contributed by atoms with Crippen molar-refractivity contribution in [3.8, 4) is 5.75 Å². The van der Waals surface area contributed by atoms with Gasteiger partial charge in [0.05, 0.1) is 18.5 Å². The molecule has 0 unspecified atom stereocenters. The number of nitrogens with zero attached hydrogens (tertiary/aromatic N) is 2. The van der Waals surface area contributed by atoms with Crippen LogP contribution in [-0.2, 0) is 20.1 Å². The SMILES string of the molecule is COc1cccc(CNCc2cc(C(C)C)nn2C)c1.Cl. The number of hydrogen-bond donors (Lipinski definition) is 1. The lowest BCUT2D eigenvalue weighted by Gasteiger charge is -2.06. The molecule has 2 rings (SSSR count). The van der Waals surface area contributed by atoms with Gasteiger partial charge >= 0.3 is 0 Å². The van der Waals surface area contributed by atoms with Gasteiger partial charge in [-0.05, 0) is 29.7 Å². The van der Waals surface area contributed by atoms with E-state index in [4.69, 9.17) is 4.74 Å². The summed E-state index contributed by atoms with van der Waals surface area (Å²) in [6.07, 6.45) is 0. The standard InChI is InChI=1S/C16H23N3O.ClH/c1-12(2)16-9-14(19(3)18-16)11-17-10-13-6-5-7-15(8-13)20-4;/h5-9,12,17H,10-11H2,1-4H3;1H. The number of methoxy groups -OCH3 is 1. The van der Waals surface area contributed by atoms with Crippen molar-refractivity contribution in [3.05, 3.63) is 47.3 Å². The second-order valence-corrected chi connectivity index (χ2v) is 5.29. The van der Waals surface area contributed by atoms with Crippen molar-refractivity contribution >= 4 is 12.4 Å². The Hall–Kier alpha value is -1.52. The fourth-order valence-electron chi connectivity index (χ4n) is 2.10. The molecule has 0 spiro atoms. The Morgan fingerprint density at radius 1 is 1.24 bits per heavy atom. The molecule has 4 nitrogen and oxygen atoms in total. The minimum absolute atomic E-state index is 0. The maximum Gasteiger partial charge on any atom is 0.119 e. The van der Waals surface area contributed by atoms with Crippen LogP contribution in [-0.4, -0.2) is 16.9 Å². The molecule has 116 valence electrons. The van der Waals surface area contributed by atoms with Crippen LogP contribution < -0.4 is 10.1 Å². The highest BCUT2D eigenvalue weighted by Crippen LogP contribution is 2.14. The molecular weight excluding hydrogens is 286 g/mol. The van der Waals surface area contributed by atoms with Crippen molar-refractivity contribution in [1.82, 2.24) is 15.1 Å². The van der Waals surface area contributed by atoms with E-state index in [2.05, 4.69) is 42.5 Å². The summed E-state index contributed by atoms with van der Waals surface area (Å²) in [6, 6.07) is 10.3. The van der Waals surface area contributed by atoms with Gasteiger partial charge in [0.25, 0.3) is 0 Å². The first-order chi connectivity index (χ1) is 9.60. The highest BCUT2D eigenvalue weighted by Gasteiger charge is 2.07. The first-order valence-corrected chi connectivity index (χ1v) is 6.96. The number of hydrogen-bond acceptors (Lipinski definition) is 3. The van der Waals surface area contributed by atoms with Crippen LogP contribution in [0.5, 0.6) is 5.75 Å². The zero-order valence-electron chi connectivity index (χ0n) is 13.1. The molecule has 2 aromatic rings. The molecule has 0 fully saturated rings. The zero-order valence-corrected chi connectivity index (χ0v) is 13.9. The Morgan fingerprint density at radius 3 is 2.62 bits per heavy atom. The number of aryl methyl sites for hydroxylation is 1. The van der Waals surface area contributed by atoms with Crippen molar-refractivity contribution in [2.24, 2.45) is 7.05 Å². The summed E-state index contributed by atoms with van der Waals surface area (Å²) < 4.78 is 7.18. The third-order valence-corrected chi connectivity index (χ3v) is 3.36. The van der Waals surface area contributed by atoms with Crippen LogP contribution in [0.4, 0.5) is 0 Å². The molecule has 1 heterocycles. The van der Waals surface area contributed by atoms with Crippen molar-refractivity contribution < 1.29 is 4.74 Å². The van der Waals surface area contributed by atoms with Gasteiger partial charge in [-0.2, -0.15) is 5.10 Å². The Bertz CT molecular complexity index is 566. The van der Waals surface area contributed by atoms with Crippen LogP contribution in [0.1, 0.15) is 36.7 Å². The highest BCUT2D eigenvalue weighted by atomic mass is 35.5. The molecule has 0 saturated heterocycles. The summed E-state index contributed by atoms with van der Waals surface area (Å²) >= 11 is 0.